The Morgan fingerprint density at radius 1 is 0.964 bits per heavy atom. The molecule has 0 radical (unpaired) electrons. The minimum Gasteiger partial charge on any atom is -0.497 e. The molecule has 0 saturated carbocycles. The average Bonchev–Trinajstić information content (AvgIpc) is 2.73. The van der Waals surface area contributed by atoms with E-state index < -0.39 is 0 Å². The first-order chi connectivity index (χ1) is 13.6. The van der Waals surface area contributed by atoms with Crippen molar-refractivity contribution in [3.05, 3.63) is 52.2 Å². The molecule has 3 rings (SSSR count). The molecule has 0 N–H and O–H groups in total. The van der Waals surface area contributed by atoms with Crippen LogP contribution in [0.4, 0.5) is 0 Å². The fourth-order valence-electron chi connectivity index (χ4n) is 3.29. The predicted octanol–water partition coefficient (Wildman–Crippen LogP) is 5.47. The van der Waals surface area contributed by atoms with Gasteiger partial charge in [-0.15, -0.1) is 11.3 Å². The van der Waals surface area contributed by atoms with Crippen LogP contribution in [-0.4, -0.2) is 31.0 Å². The summed E-state index contributed by atoms with van der Waals surface area (Å²) in [5.74, 6) is 0.674. The molecule has 5 heteroatoms. The van der Waals surface area contributed by atoms with E-state index in [1.165, 1.54) is 0 Å². The Bertz CT molecular complexity index is 1030. The molecule has 148 valence electrons. The summed E-state index contributed by atoms with van der Waals surface area (Å²) >= 11 is 1.56. The van der Waals surface area contributed by atoms with Crippen LogP contribution >= 0.6 is 11.3 Å². The number of hydrogen-bond acceptors (Lipinski definition) is 4. The molecule has 1 heterocycles. The molecule has 1 amide bonds. The Balaban J connectivity index is 2.04. The molecule has 0 atom stereocenters. The highest BCUT2D eigenvalue weighted by atomic mass is 32.1. The van der Waals surface area contributed by atoms with Crippen molar-refractivity contribution < 1.29 is 9.53 Å². The lowest BCUT2D eigenvalue weighted by Crippen LogP contribution is -2.33. The standard InChI is InChI=1S/C23H27NO3S/c1-4-6-12-24(13-7-5-2)23(26)16-8-10-20-18(14-16)22(25)19-15-17(27-3)9-11-21(19)28-20/h8-11,14-15H,4-7,12-13H2,1-3H3. The molecule has 0 fully saturated rings. The maximum absolute atomic E-state index is 13.1. The van der Waals surface area contributed by atoms with Gasteiger partial charge in [-0.3, -0.25) is 9.59 Å². The van der Waals surface area contributed by atoms with Gasteiger partial charge in [0.15, 0.2) is 5.43 Å². The second kappa shape index (κ2) is 9.20. The van der Waals surface area contributed by atoms with E-state index in [2.05, 4.69) is 13.8 Å². The van der Waals surface area contributed by atoms with Gasteiger partial charge in [0.05, 0.1) is 7.11 Å². The fourth-order valence-corrected chi connectivity index (χ4v) is 4.32. The summed E-state index contributed by atoms with van der Waals surface area (Å²) in [5, 5.41) is 1.23. The van der Waals surface area contributed by atoms with Crippen LogP contribution in [0.3, 0.4) is 0 Å². The Kier molecular flexibility index (Phi) is 6.68. The van der Waals surface area contributed by atoms with E-state index in [9.17, 15) is 9.59 Å². The Morgan fingerprint density at radius 2 is 1.57 bits per heavy atom. The number of carbonyl (C=O) groups is 1. The number of unbranched alkanes of at least 4 members (excludes halogenated alkanes) is 2. The lowest BCUT2D eigenvalue weighted by atomic mass is 10.1. The minimum atomic E-state index is -0.0500. The summed E-state index contributed by atoms with van der Waals surface area (Å²) in [5.41, 5.74) is 0.539. The quantitative estimate of drug-likeness (QED) is 0.474. The van der Waals surface area contributed by atoms with Crippen molar-refractivity contribution in [2.45, 2.75) is 39.5 Å². The molecule has 0 aliphatic carbocycles. The third-order valence-electron chi connectivity index (χ3n) is 4.97. The van der Waals surface area contributed by atoms with Crippen molar-refractivity contribution in [2.24, 2.45) is 0 Å². The molecule has 3 aromatic rings. The van der Waals surface area contributed by atoms with Crippen molar-refractivity contribution in [1.29, 1.82) is 0 Å². The first-order valence-corrected chi connectivity index (χ1v) is 10.7. The number of nitrogens with zero attached hydrogens (tertiary/aromatic N) is 1. The summed E-state index contributed by atoms with van der Waals surface area (Å²) in [6, 6.07) is 11.1. The Labute approximate surface area is 169 Å². The van der Waals surface area contributed by atoms with E-state index in [0.717, 1.165) is 48.2 Å². The molecule has 28 heavy (non-hydrogen) atoms. The average molecular weight is 398 g/mol. The lowest BCUT2D eigenvalue weighted by molar-refractivity contribution is 0.0751. The molecule has 0 bridgehead atoms. The van der Waals surface area contributed by atoms with Gasteiger partial charge in [0.1, 0.15) is 5.75 Å². The van der Waals surface area contributed by atoms with E-state index in [1.54, 1.807) is 30.6 Å². The topological polar surface area (TPSA) is 46.6 Å². The number of methoxy groups -OCH3 is 1. The summed E-state index contributed by atoms with van der Waals surface area (Å²) in [7, 11) is 1.59. The van der Waals surface area contributed by atoms with E-state index >= 15 is 0 Å². The molecular weight excluding hydrogens is 370 g/mol. The van der Waals surface area contributed by atoms with Crippen LogP contribution in [0.1, 0.15) is 49.9 Å². The minimum absolute atomic E-state index is 0.0129. The molecule has 4 nitrogen and oxygen atoms in total. The van der Waals surface area contributed by atoms with Gasteiger partial charge >= 0.3 is 0 Å². The van der Waals surface area contributed by atoms with E-state index in [-0.39, 0.29) is 11.3 Å². The van der Waals surface area contributed by atoms with Gasteiger partial charge in [-0.1, -0.05) is 26.7 Å². The van der Waals surface area contributed by atoms with Crippen molar-refractivity contribution in [3.63, 3.8) is 0 Å². The largest absolute Gasteiger partial charge is 0.497 e. The van der Waals surface area contributed by atoms with Crippen LogP contribution in [0.25, 0.3) is 20.2 Å². The maximum Gasteiger partial charge on any atom is 0.253 e. The van der Waals surface area contributed by atoms with Crippen molar-refractivity contribution in [3.8, 4) is 5.75 Å². The number of ether oxygens (including phenoxy) is 1. The van der Waals surface area contributed by atoms with E-state index in [4.69, 9.17) is 4.74 Å². The van der Waals surface area contributed by atoms with Crippen LogP contribution in [-0.2, 0) is 0 Å². The van der Waals surface area contributed by atoms with Crippen molar-refractivity contribution >= 4 is 37.4 Å². The molecular formula is C23H27NO3S. The van der Waals surface area contributed by atoms with Gasteiger partial charge in [-0.2, -0.15) is 0 Å². The molecule has 0 unspecified atom stereocenters. The van der Waals surface area contributed by atoms with Crippen molar-refractivity contribution in [2.75, 3.05) is 20.2 Å². The highest BCUT2D eigenvalue weighted by Gasteiger charge is 2.17. The number of hydrogen-bond donors (Lipinski definition) is 0. The third kappa shape index (κ3) is 4.20. The molecule has 0 saturated heterocycles. The van der Waals surface area contributed by atoms with Crippen LogP contribution in [0.2, 0.25) is 0 Å². The van der Waals surface area contributed by atoms with E-state index in [1.807, 2.05) is 29.2 Å². The summed E-state index contributed by atoms with van der Waals surface area (Å²) in [4.78, 5) is 28.1. The number of amides is 1. The van der Waals surface area contributed by atoms with Gasteiger partial charge in [0.2, 0.25) is 0 Å². The summed E-state index contributed by atoms with van der Waals surface area (Å²) in [6.45, 7) is 5.77. The van der Waals surface area contributed by atoms with Gasteiger partial charge in [-0.25, -0.2) is 0 Å². The first-order valence-electron chi connectivity index (χ1n) is 9.93. The zero-order valence-corrected chi connectivity index (χ0v) is 17.6. The van der Waals surface area contributed by atoms with E-state index in [0.29, 0.717) is 22.1 Å². The van der Waals surface area contributed by atoms with Crippen molar-refractivity contribution in [1.82, 2.24) is 4.90 Å². The number of fused-ring (bicyclic) bond motifs is 2. The smallest absolute Gasteiger partial charge is 0.253 e. The Morgan fingerprint density at radius 3 is 2.18 bits per heavy atom. The van der Waals surface area contributed by atoms with Gasteiger partial charge in [0.25, 0.3) is 5.91 Å². The lowest BCUT2D eigenvalue weighted by Gasteiger charge is -2.22. The molecule has 1 aromatic heterocycles. The maximum atomic E-state index is 13.1. The normalized spacial score (nSPS) is 11.1. The predicted molar refractivity (Wildman–Crippen MR) is 118 cm³/mol. The van der Waals surface area contributed by atoms with Crippen LogP contribution in [0.5, 0.6) is 5.75 Å². The molecule has 0 aliphatic rings. The second-order valence-electron chi connectivity index (χ2n) is 7.00. The zero-order chi connectivity index (χ0) is 20.1. The second-order valence-corrected chi connectivity index (χ2v) is 8.09. The van der Waals surface area contributed by atoms with Crippen LogP contribution in [0, 0.1) is 0 Å². The van der Waals surface area contributed by atoms with Crippen LogP contribution in [0.15, 0.2) is 41.2 Å². The molecule has 0 spiro atoms. The SMILES string of the molecule is CCCCN(CCCC)C(=O)c1ccc2sc3ccc(OC)cc3c(=O)c2c1. The molecule has 2 aromatic carbocycles. The zero-order valence-electron chi connectivity index (χ0n) is 16.8. The molecule has 0 aliphatic heterocycles. The summed E-state index contributed by atoms with van der Waals surface area (Å²) in [6.07, 6.45) is 4.08. The third-order valence-corrected chi connectivity index (χ3v) is 6.12. The van der Waals surface area contributed by atoms with Crippen LogP contribution < -0.4 is 10.2 Å². The number of benzene rings is 2. The van der Waals surface area contributed by atoms with Gasteiger partial charge < -0.3 is 9.64 Å². The van der Waals surface area contributed by atoms with Gasteiger partial charge in [-0.05, 0) is 49.2 Å². The van der Waals surface area contributed by atoms with Gasteiger partial charge in [0, 0.05) is 38.8 Å². The highest BCUT2D eigenvalue weighted by Crippen LogP contribution is 2.28. The number of carbonyl (C=O) groups excluding carboxylic acids is 1. The number of rotatable bonds is 8. The first kappa shape index (κ1) is 20.3. The summed E-state index contributed by atoms with van der Waals surface area (Å²) < 4.78 is 7.08. The highest BCUT2D eigenvalue weighted by molar-refractivity contribution is 7.24. The fraction of sp³-hybridized carbons (Fsp3) is 0.391. The monoisotopic (exact) mass is 397 g/mol. The Hall–Kier alpha value is -2.40.